The number of rotatable bonds is 1. The maximum atomic E-state index is 11.0. The van der Waals surface area contributed by atoms with Crippen molar-refractivity contribution in [1.82, 2.24) is 0 Å². The molecule has 1 aliphatic heterocycles. The van der Waals surface area contributed by atoms with E-state index in [2.05, 4.69) is 6.07 Å². The van der Waals surface area contributed by atoms with Crippen LogP contribution in [0.4, 0.5) is 0 Å². The fourth-order valence-electron chi connectivity index (χ4n) is 2.77. The molecule has 1 atom stereocenters. The summed E-state index contributed by atoms with van der Waals surface area (Å²) in [6.07, 6.45) is 0. The predicted molar refractivity (Wildman–Crippen MR) is 74.7 cm³/mol. The SMILES string of the molecule is CC1(C)OC(O)(c2ccc(C#N)cc2)c2ccccc21. The lowest BCUT2D eigenvalue weighted by molar-refractivity contribution is -0.222. The van der Waals surface area contributed by atoms with E-state index in [1.165, 1.54) is 0 Å². The second kappa shape index (κ2) is 4.17. The van der Waals surface area contributed by atoms with Crippen LogP contribution in [0.15, 0.2) is 48.5 Å². The average molecular weight is 265 g/mol. The molecule has 0 saturated carbocycles. The molecule has 1 heterocycles. The van der Waals surface area contributed by atoms with Crippen molar-refractivity contribution in [1.29, 1.82) is 5.26 Å². The van der Waals surface area contributed by atoms with Gasteiger partial charge in [-0.2, -0.15) is 5.26 Å². The number of ether oxygens (including phenoxy) is 1. The minimum absolute atomic E-state index is 0.556. The maximum Gasteiger partial charge on any atom is 0.221 e. The Morgan fingerprint density at radius 3 is 2.20 bits per heavy atom. The monoisotopic (exact) mass is 265 g/mol. The molecule has 1 unspecified atom stereocenters. The third-order valence-electron chi connectivity index (χ3n) is 3.75. The van der Waals surface area contributed by atoms with Crippen molar-refractivity contribution in [3.8, 4) is 6.07 Å². The van der Waals surface area contributed by atoms with Gasteiger partial charge in [-0.1, -0.05) is 36.4 Å². The van der Waals surface area contributed by atoms with Crippen molar-refractivity contribution in [3.05, 3.63) is 70.8 Å². The predicted octanol–water partition coefficient (Wildman–Crippen LogP) is 3.02. The molecule has 0 saturated heterocycles. The smallest absolute Gasteiger partial charge is 0.221 e. The second-order valence-electron chi connectivity index (χ2n) is 5.49. The van der Waals surface area contributed by atoms with Gasteiger partial charge in [0.15, 0.2) is 0 Å². The summed E-state index contributed by atoms with van der Waals surface area (Å²) in [6.45, 7) is 3.88. The van der Waals surface area contributed by atoms with Crippen molar-refractivity contribution < 1.29 is 9.84 Å². The van der Waals surface area contributed by atoms with Gasteiger partial charge in [-0.25, -0.2) is 0 Å². The summed E-state index contributed by atoms with van der Waals surface area (Å²) < 4.78 is 5.94. The van der Waals surface area contributed by atoms with E-state index in [-0.39, 0.29) is 0 Å². The van der Waals surface area contributed by atoms with Crippen molar-refractivity contribution >= 4 is 0 Å². The Morgan fingerprint density at radius 2 is 1.60 bits per heavy atom. The molecule has 0 aliphatic carbocycles. The van der Waals surface area contributed by atoms with Crippen LogP contribution in [0.25, 0.3) is 0 Å². The molecular weight excluding hydrogens is 250 g/mol. The molecule has 0 bridgehead atoms. The van der Waals surface area contributed by atoms with E-state index < -0.39 is 11.4 Å². The van der Waals surface area contributed by atoms with Crippen LogP contribution in [0, 0.1) is 11.3 Å². The van der Waals surface area contributed by atoms with E-state index in [1.807, 2.05) is 38.1 Å². The van der Waals surface area contributed by atoms with E-state index in [1.54, 1.807) is 24.3 Å². The van der Waals surface area contributed by atoms with Crippen LogP contribution in [-0.2, 0) is 16.1 Å². The van der Waals surface area contributed by atoms with Crippen molar-refractivity contribution in [2.45, 2.75) is 25.2 Å². The van der Waals surface area contributed by atoms with Crippen LogP contribution in [0.5, 0.6) is 0 Å². The Bertz CT molecular complexity index is 698. The van der Waals surface area contributed by atoms with Crippen molar-refractivity contribution in [3.63, 3.8) is 0 Å². The van der Waals surface area contributed by atoms with Gasteiger partial charge in [-0.15, -0.1) is 0 Å². The lowest BCUT2D eigenvalue weighted by Gasteiger charge is -2.27. The van der Waals surface area contributed by atoms with Gasteiger partial charge in [0.25, 0.3) is 0 Å². The highest BCUT2D eigenvalue weighted by atomic mass is 16.6. The van der Waals surface area contributed by atoms with Gasteiger partial charge >= 0.3 is 0 Å². The van der Waals surface area contributed by atoms with Gasteiger partial charge in [-0.3, -0.25) is 0 Å². The number of fused-ring (bicyclic) bond motifs is 1. The molecule has 0 amide bonds. The van der Waals surface area contributed by atoms with Crippen molar-refractivity contribution in [2.75, 3.05) is 0 Å². The third-order valence-corrected chi connectivity index (χ3v) is 3.75. The molecular formula is C17H15NO2. The first kappa shape index (κ1) is 12.9. The number of nitriles is 1. The Kier molecular flexibility index (Phi) is 2.68. The molecule has 3 nitrogen and oxygen atoms in total. The molecule has 20 heavy (non-hydrogen) atoms. The largest absolute Gasteiger partial charge is 0.358 e. The van der Waals surface area contributed by atoms with Crippen LogP contribution in [0.1, 0.15) is 36.1 Å². The molecule has 0 radical (unpaired) electrons. The minimum Gasteiger partial charge on any atom is -0.358 e. The molecule has 2 aromatic carbocycles. The van der Waals surface area contributed by atoms with Crippen molar-refractivity contribution in [2.24, 2.45) is 0 Å². The summed E-state index contributed by atoms with van der Waals surface area (Å²) in [6, 6.07) is 16.6. The lowest BCUT2D eigenvalue weighted by atomic mass is 9.91. The summed E-state index contributed by atoms with van der Waals surface area (Å²) in [4.78, 5) is 0. The van der Waals surface area contributed by atoms with Gasteiger partial charge in [0.05, 0.1) is 17.2 Å². The number of hydrogen-bond acceptors (Lipinski definition) is 3. The van der Waals surface area contributed by atoms with E-state index in [9.17, 15) is 5.11 Å². The van der Waals surface area contributed by atoms with Crippen LogP contribution >= 0.6 is 0 Å². The molecule has 0 fully saturated rings. The van der Waals surface area contributed by atoms with E-state index in [0.717, 1.165) is 11.1 Å². The zero-order valence-corrected chi connectivity index (χ0v) is 11.4. The van der Waals surface area contributed by atoms with Crippen LogP contribution in [0.3, 0.4) is 0 Å². The Labute approximate surface area is 118 Å². The van der Waals surface area contributed by atoms with Crippen LogP contribution in [-0.4, -0.2) is 5.11 Å². The zero-order chi connectivity index (χ0) is 14.4. The summed E-state index contributed by atoms with van der Waals surface area (Å²) in [7, 11) is 0. The van der Waals surface area contributed by atoms with Gasteiger partial charge in [0.2, 0.25) is 5.79 Å². The first-order chi connectivity index (χ1) is 9.47. The van der Waals surface area contributed by atoms with Gasteiger partial charge < -0.3 is 9.84 Å². The Balaban J connectivity index is 2.16. The fourth-order valence-corrected chi connectivity index (χ4v) is 2.77. The van der Waals surface area contributed by atoms with E-state index in [4.69, 9.17) is 10.00 Å². The van der Waals surface area contributed by atoms with Gasteiger partial charge in [-0.05, 0) is 31.5 Å². The summed E-state index contributed by atoms with van der Waals surface area (Å²) in [5.74, 6) is -1.46. The molecule has 100 valence electrons. The number of aliphatic hydroxyl groups is 1. The number of benzene rings is 2. The molecule has 0 spiro atoms. The molecule has 1 aliphatic rings. The quantitative estimate of drug-likeness (QED) is 0.862. The highest BCUT2D eigenvalue weighted by molar-refractivity contribution is 5.46. The zero-order valence-electron chi connectivity index (χ0n) is 11.4. The molecule has 3 rings (SSSR count). The first-order valence-corrected chi connectivity index (χ1v) is 6.50. The standard InChI is InChI=1S/C17H15NO2/c1-16(2)14-5-3-4-6-15(14)17(19,20-16)13-9-7-12(11-18)8-10-13/h3-10,19H,1-2H3. The number of hydrogen-bond donors (Lipinski definition) is 1. The normalized spacial score (nSPS) is 23.1. The average Bonchev–Trinajstić information content (AvgIpc) is 2.68. The number of nitrogens with zero attached hydrogens (tertiary/aromatic N) is 1. The minimum atomic E-state index is -1.46. The molecule has 0 aromatic heterocycles. The van der Waals surface area contributed by atoms with E-state index >= 15 is 0 Å². The van der Waals surface area contributed by atoms with Gasteiger partial charge in [0, 0.05) is 11.1 Å². The van der Waals surface area contributed by atoms with E-state index in [0.29, 0.717) is 11.1 Å². The topological polar surface area (TPSA) is 53.2 Å². The third kappa shape index (κ3) is 1.74. The first-order valence-electron chi connectivity index (χ1n) is 6.50. The highest BCUT2D eigenvalue weighted by Crippen LogP contribution is 2.48. The second-order valence-corrected chi connectivity index (χ2v) is 5.49. The summed E-state index contributed by atoms with van der Waals surface area (Å²) in [5.41, 5.74) is 2.37. The lowest BCUT2D eigenvalue weighted by Crippen LogP contribution is -2.30. The van der Waals surface area contributed by atoms with Crippen LogP contribution < -0.4 is 0 Å². The molecule has 2 aromatic rings. The Morgan fingerprint density at radius 1 is 1.00 bits per heavy atom. The van der Waals surface area contributed by atoms with Crippen LogP contribution in [0.2, 0.25) is 0 Å². The highest BCUT2D eigenvalue weighted by Gasteiger charge is 2.48. The van der Waals surface area contributed by atoms with Gasteiger partial charge in [0.1, 0.15) is 0 Å². The maximum absolute atomic E-state index is 11.0. The fraction of sp³-hybridized carbons (Fsp3) is 0.235. The molecule has 3 heteroatoms. The summed E-state index contributed by atoms with van der Waals surface area (Å²) >= 11 is 0. The molecule has 1 N–H and O–H groups in total. The Hall–Kier alpha value is -2.15. The summed E-state index contributed by atoms with van der Waals surface area (Å²) in [5, 5.41) is 19.9.